The molecule has 1 fully saturated rings. The van der Waals surface area contributed by atoms with Gasteiger partial charge in [-0.1, -0.05) is 19.1 Å². The molecule has 0 radical (unpaired) electrons. The van der Waals surface area contributed by atoms with Crippen molar-refractivity contribution in [1.29, 1.82) is 0 Å². The van der Waals surface area contributed by atoms with E-state index in [1.807, 2.05) is 12.1 Å². The third-order valence-corrected chi connectivity index (χ3v) is 5.21. The number of β-amino-alcohol motifs (C(OH)–C–C–N with tert-alkyl or cyclic N) is 1. The maximum Gasteiger partial charge on any atom is 0.233 e. The topological polar surface area (TPSA) is 60.8 Å². The number of hydrogen-bond acceptors (Lipinski definition) is 5. The Bertz CT molecular complexity index is 452. The van der Waals surface area contributed by atoms with Gasteiger partial charge in [-0.3, -0.25) is 4.79 Å². The van der Waals surface area contributed by atoms with Crippen LogP contribution in [0.25, 0.3) is 0 Å². The number of hydrogen-bond donors (Lipinski definition) is 2. The van der Waals surface area contributed by atoms with Crippen LogP contribution in [0.5, 0.6) is 0 Å². The molecule has 1 saturated heterocycles. The molecule has 0 saturated carbocycles. The quantitative estimate of drug-likeness (QED) is 0.783. The van der Waals surface area contributed by atoms with Gasteiger partial charge in [0.25, 0.3) is 0 Å². The van der Waals surface area contributed by atoms with E-state index in [2.05, 4.69) is 19.1 Å². The molecular formula is C14H19NO3S2. The summed E-state index contributed by atoms with van der Waals surface area (Å²) in [4.78, 5) is 14.7. The summed E-state index contributed by atoms with van der Waals surface area (Å²) in [5, 5.41) is 18.4. The van der Waals surface area contributed by atoms with E-state index in [4.69, 9.17) is 5.11 Å². The van der Waals surface area contributed by atoms with E-state index in [1.54, 1.807) is 28.4 Å². The monoisotopic (exact) mass is 313 g/mol. The molecule has 1 heterocycles. The molecule has 1 aromatic rings. The zero-order valence-electron chi connectivity index (χ0n) is 11.4. The second kappa shape index (κ2) is 7.36. The number of thioether (sulfide) groups is 2. The van der Waals surface area contributed by atoms with E-state index in [0.29, 0.717) is 5.75 Å². The molecule has 2 atom stereocenters. The first kappa shape index (κ1) is 15.7. The molecule has 110 valence electrons. The van der Waals surface area contributed by atoms with Crippen LogP contribution in [-0.4, -0.2) is 51.8 Å². The van der Waals surface area contributed by atoms with E-state index in [1.165, 1.54) is 4.90 Å². The number of aliphatic hydroxyl groups excluding tert-OH is 2. The Balaban J connectivity index is 2.11. The van der Waals surface area contributed by atoms with Crippen LogP contribution >= 0.6 is 23.5 Å². The van der Waals surface area contributed by atoms with Crippen molar-refractivity contribution in [3.8, 4) is 0 Å². The van der Waals surface area contributed by atoms with Crippen LogP contribution in [0, 0.1) is 0 Å². The van der Waals surface area contributed by atoms with Crippen molar-refractivity contribution in [1.82, 2.24) is 4.90 Å². The van der Waals surface area contributed by atoms with Gasteiger partial charge < -0.3 is 15.1 Å². The third kappa shape index (κ3) is 3.69. The van der Waals surface area contributed by atoms with Crippen molar-refractivity contribution in [3.05, 3.63) is 29.8 Å². The van der Waals surface area contributed by atoms with Gasteiger partial charge in [0.2, 0.25) is 5.91 Å². The Hall–Kier alpha value is -0.690. The number of amides is 1. The summed E-state index contributed by atoms with van der Waals surface area (Å²) in [5.41, 5.74) is 1.06. The molecule has 2 rings (SSSR count). The highest BCUT2D eigenvalue weighted by molar-refractivity contribution is 8.00. The van der Waals surface area contributed by atoms with Crippen molar-refractivity contribution in [2.24, 2.45) is 0 Å². The highest BCUT2D eigenvalue weighted by Gasteiger charge is 2.33. The van der Waals surface area contributed by atoms with Gasteiger partial charge in [0.05, 0.1) is 25.0 Å². The number of carbonyl (C=O) groups is 1. The van der Waals surface area contributed by atoms with Gasteiger partial charge in [-0.15, -0.1) is 23.5 Å². The minimum atomic E-state index is -0.880. The Labute approximate surface area is 127 Å². The van der Waals surface area contributed by atoms with E-state index >= 15 is 0 Å². The second-order valence-electron chi connectivity index (χ2n) is 4.55. The zero-order valence-corrected chi connectivity index (χ0v) is 13.0. The summed E-state index contributed by atoms with van der Waals surface area (Å²) in [7, 11) is 0. The van der Waals surface area contributed by atoms with Crippen molar-refractivity contribution in [2.75, 3.05) is 24.7 Å². The van der Waals surface area contributed by atoms with Gasteiger partial charge >= 0.3 is 0 Å². The first-order valence-corrected chi connectivity index (χ1v) is 8.62. The zero-order chi connectivity index (χ0) is 14.5. The van der Waals surface area contributed by atoms with E-state index < -0.39 is 6.10 Å². The summed E-state index contributed by atoms with van der Waals surface area (Å²) < 4.78 is 0. The molecular weight excluding hydrogens is 294 g/mol. The smallest absolute Gasteiger partial charge is 0.233 e. The Morgan fingerprint density at radius 2 is 2.15 bits per heavy atom. The molecule has 1 amide bonds. The predicted molar refractivity (Wildman–Crippen MR) is 82.8 cm³/mol. The van der Waals surface area contributed by atoms with Crippen LogP contribution < -0.4 is 0 Å². The van der Waals surface area contributed by atoms with Gasteiger partial charge in [0, 0.05) is 4.90 Å². The van der Waals surface area contributed by atoms with Crippen molar-refractivity contribution < 1.29 is 15.0 Å². The van der Waals surface area contributed by atoms with Gasteiger partial charge in [-0.2, -0.15) is 0 Å². The fourth-order valence-corrected chi connectivity index (χ4v) is 3.97. The minimum Gasteiger partial charge on any atom is -0.394 e. The lowest BCUT2D eigenvalue weighted by atomic mass is 10.2. The molecule has 1 unspecified atom stereocenters. The van der Waals surface area contributed by atoms with Crippen LogP contribution in [0.2, 0.25) is 0 Å². The summed E-state index contributed by atoms with van der Waals surface area (Å²) in [5.74, 6) is 1.47. The number of carbonyl (C=O) groups excluding carboxylic acids is 1. The lowest BCUT2D eigenvalue weighted by Gasteiger charge is -2.26. The number of rotatable bonds is 6. The van der Waals surface area contributed by atoms with Crippen LogP contribution in [0.3, 0.4) is 0 Å². The Morgan fingerprint density at radius 1 is 1.45 bits per heavy atom. The third-order valence-electron chi connectivity index (χ3n) is 3.06. The Morgan fingerprint density at radius 3 is 2.75 bits per heavy atom. The molecule has 20 heavy (non-hydrogen) atoms. The highest BCUT2D eigenvalue weighted by atomic mass is 32.2. The maximum absolute atomic E-state index is 11.9. The minimum absolute atomic E-state index is 0.0134. The molecule has 1 aromatic carbocycles. The standard InChI is InChI=1S/C14H19NO3S2/c1-2-19-12-5-3-10(4-6-12)14-15(7-11(17)8-16)13(18)9-20-14/h3-6,11,14,16-17H,2,7-9H2,1H3/t11-,14?/m0/s1. The van der Waals surface area contributed by atoms with Gasteiger partial charge in [0.1, 0.15) is 5.37 Å². The molecule has 0 aromatic heterocycles. The molecule has 4 nitrogen and oxygen atoms in total. The molecule has 1 aliphatic rings. The fraction of sp³-hybridized carbons (Fsp3) is 0.500. The van der Waals surface area contributed by atoms with Gasteiger partial charge in [-0.05, 0) is 23.4 Å². The Kier molecular flexibility index (Phi) is 5.77. The van der Waals surface area contributed by atoms with Crippen molar-refractivity contribution in [3.63, 3.8) is 0 Å². The highest BCUT2D eigenvalue weighted by Crippen LogP contribution is 2.39. The van der Waals surface area contributed by atoms with E-state index in [-0.39, 0.29) is 24.4 Å². The van der Waals surface area contributed by atoms with Crippen molar-refractivity contribution in [2.45, 2.75) is 23.3 Å². The molecule has 0 spiro atoms. The lowest BCUT2D eigenvalue weighted by Crippen LogP contribution is -2.37. The van der Waals surface area contributed by atoms with Crippen LogP contribution in [0.15, 0.2) is 29.2 Å². The molecule has 2 N–H and O–H groups in total. The lowest BCUT2D eigenvalue weighted by molar-refractivity contribution is -0.129. The second-order valence-corrected chi connectivity index (χ2v) is 6.95. The predicted octanol–water partition coefficient (Wildman–Crippen LogP) is 1.73. The molecule has 1 aliphatic heterocycles. The average molecular weight is 313 g/mol. The first-order chi connectivity index (χ1) is 9.65. The summed E-state index contributed by atoms with van der Waals surface area (Å²) in [6.45, 7) is 1.97. The van der Waals surface area contributed by atoms with E-state index in [9.17, 15) is 9.90 Å². The normalized spacial score (nSPS) is 20.4. The van der Waals surface area contributed by atoms with Crippen LogP contribution in [0.1, 0.15) is 17.9 Å². The number of benzene rings is 1. The van der Waals surface area contributed by atoms with Gasteiger partial charge in [0.15, 0.2) is 0 Å². The summed E-state index contributed by atoms with van der Waals surface area (Å²) in [6, 6.07) is 8.19. The number of nitrogens with zero attached hydrogens (tertiary/aromatic N) is 1. The van der Waals surface area contributed by atoms with Crippen molar-refractivity contribution >= 4 is 29.4 Å². The van der Waals surface area contributed by atoms with E-state index in [0.717, 1.165) is 11.3 Å². The molecule has 0 aliphatic carbocycles. The maximum atomic E-state index is 11.9. The largest absolute Gasteiger partial charge is 0.394 e. The summed E-state index contributed by atoms with van der Waals surface area (Å²) in [6.07, 6.45) is -0.880. The van der Waals surface area contributed by atoms with Crippen LogP contribution in [0.4, 0.5) is 0 Å². The van der Waals surface area contributed by atoms with Crippen LogP contribution in [-0.2, 0) is 4.79 Å². The summed E-state index contributed by atoms with van der Waals surface area (Å²) >= 11 is 3.34. The molecule has 6 heteroatoms. The molecule has 0 bridgehead atoms. The number of aliphatic hydroxyl groups is 2. The fourth-order valence-electron chi connectivity index (χ4n) is 2.11. The van der Waals surface area contributed by atoms with Gasteiger partial charge in [-0.25, -0.2) is 0 Å². The average Bonchev–Trinajstić information content (AvgIpc) is 2.81. The first-order valence-electron chi connectivity index (χ1n) is 6.58. The SMILES string of the molecule is CCSc1ccc(C2SCC(=O)N2C[C@H](O)CO)cc1.